The molecule has 0 aromatic rings. The molecule has 1 saturated heterocycles. The highest BCUT2D eigenvalue weighted by atomic mass is 35.5. The maximum Gasteiger partial charge on any atom is 0.0809 e. The molecule has 0 aromatic heterocycles. The van der Waals surface area contributed by atoms with E-state index in [9.17, 15) is 0 Å². The van der Waals surface area contributed by atoms with Gasteiger partial charge < -0.3 is 4.90 Å². The van der Waals surface area contributed by atoms with E-state index in [1.165, 1.54) is 25.9 Å². The molecular formula is C7H15ClN+. The first-order valence-electron chi connectivity index (χ1n) is 3.70. The van der Waals surface area contributed by atoms with Crippen LogP contribution in [-0.2, 0) is 0 Å². The number of halogens is 1. The van der Waals surface area contributed by atoms with Gasteiger partial charge in [-0.25, -0.2) is 0 Å². The van der Waals surface area contributed by atoms with Gasteiger partial charge in [0.15, 0.2) is 0 Å². The number of hydrogen-bond acceptors (Lipinski definition) is 0. The predicted molar refractivity (Wildman–Crippen MR) is 40.1 cm³/mol. The smallest absolute Gasteiger partial charge is 0.0809 e. The van der Waals surface area contributed by atoms with Crippen LogP contribution in [0, 0.1) is 5.92 Å². The van der Waals surface area contributed by atoms with Gasteiger partial charge in [0.05, 0.1) is 20.1 Å². The van der Waals surface area contributed by atoms with Crippen molar-refractivity contribution in [2.45, 2.75) is 12.8 Å². The molecule has 1 N–H and O–H groups in total. The zero-order valence-electron chi connectivity index (χ0n) is 5.99. The highest BCUT2D eigenvalue weighted by Crippen LogP contribution is 2.07. The molecule has 1 rings (SSSR count). The van der Waals surface area contributed by atoms with E-state index in [2.05, 4.69) is 7.05 Å². The minimum absolute atomic E-state index is 0.792. The van der Waals surface area contributed by atoms with Crippen LogP contribution in [0.5, 0.6) is 0 Å². The molecule has 0 spiro atoms. The first kappa shape index (κ1) is 7.36. The molecule has 1 heterocycles. The van der Waals surface area contributed by atoms with Gasteiger partial charge >= 0.3 is 0 Å². The molecule has 0 saturated carbocycles. The fourth-order valence-corrected chi connectivity index (χ4v) is 1.78. The third-order valence-electron chi connectivity index (χ3n) is 2.07. The average molecular weight is 149 g/mol. The van der Waals surface area contributed by atoms with Crippen molar-refractivity contribution in [3.8, 4) is 0 Å². The van der Waals surface area contributed by atoms with Gasteiger partial charge in [-0.1, -0.05) is 0 Å². The van der Waals surface area contributed by atoms with E-state index in [-0.39, 0.29) is 0 Å². The topological polar surface area (TPSA) is 4.44 Å². The third-order valence-corrected chi connectivity index (χ3v) is 2.51. The number of rotatable bonds is 1. The summed E-state index contributed by atoms with van der Waals surface area (Å²) in [4.78, 5) is 1.65. The van der Waals surface area contributed by atoms with Gasteiger partial charge in [0.2, 0.25) is 0 Å². The van der Waals surface area contributed by atoms with Crippen molar-refractivity contribution in [2.24, 2.45) is 5.92 Å². The van der Waals surface area contributed by atoms with Crippen molar-refractivity contribution in [3.63, 3.8) is 0 Å². The summed E-state index contributed by atoms with van der Waals surface area (Å²) in [6.45, 7) is 2.62. The lowest BCUT2D eigenvalue weighted by Gasteiger charge is -2.25. The van der Waals surface area contributed by atoms with Gasteiger partial charge in [0, 0.05) is 11.8 Å². The molecule has 54 valence electrons. The van der Waals surface area contributed by atoms with Gasteiger partial charge in [-0.15, -0.1) is 11.6 Å². The van der Waals surface area contributed by atoms with Gasteiger partial charge in [-0.3, -0.25) is 0 Å². The van der Waals surface area contributed by atoms with E-state index in [4.69, 9.17) is 11.6 Å². The van der Waals surface area contributed by atoms with Gasteiger partial charge in [-0.2, -0.15) is 0 Å². The second kappa shape index (κ2) is 3.43. The Morgan fingerprint density at radius 2 is 2.44 bits per heavy atom. The lowest BCUT2D eigenvalue weighted by molar-refractivity contribution is -0.888. The highest BCUT2D eigenvalue weighted by molar-refractivity contribution is 6.18. The van der Waals surface area contributed by atoms with Crippen LogP contribution in [0.1, 0.15) is 12.8 Å². The van der Waals surface area contributed by atoms with E-state index in [1.54, 1.807) is 4.90 Å². The van der Waals surface area contributed by atoms with E-state index in [0.29, 0.717) is 0 Å². The highest BCUT2D eigenvalue weighted by Gasteiger charge is 2.18. The SMILES string of the molecule is C[NH+]1CCC[C@@H](CCl)C1. The normalized spacial score (nSPS) is 36.7. The van der Waals surface area contributed by atoms with Crippen LogP contribution in [0.25, 0.3) is 0 Å². The number of nitrogens with one attached hydrogen (secondary N) is 1. The maximum atomic E-state index is 5.73. The summed E-state index contributed by atoms with van der Waals surface area (Å²) in [5, 5.41) is 0. The summed E-state index contributed by atoms with van der Waals surface area (Å²) >= 11 is 5.73. The van der Waals surface area contributed by atoms with Gasteiger partial charge in [-0.05, 0) is 12.8 Å². The monoisotopic (exact) mass is 148 g/mol. The Hall–Kier alpha value is 0.250. The summed E-state index contributed by atoms with van der Waals surface area (Å²) in [5.74, 6) is 1.65. The van der Waals surface area contributed by atoms with Crippen molar-refractivity contribution >= 4 is 11.6 Å². The fourth-order valence-electron chi connectivity index (χ4n) is 1.52. The second-order valence-corrected chi connectivity index (χ2v) is 3.38. The fraction of sp³-hybridized carbons (Fsp3) is 1.00. The van der Waals surface area contributed by atoms with E-state index < -0.39 is 0 Å². The summed E-state index contributed by atoms with van der Waals surface area (Å²) in [6, 6.07) is 0. The lowest BCUT2D eigenvalue weighted by Crippen LogP contribution is -3.10. The van der Waals surface area contributed by atoms with Crippen molar-refractivity contribution < 1.29 is 4.90 Å². The molecule has 0 radical (unpaired) electrons. The zero-order chi connectivity index (χ0) is 6.69. The van der Waals surface area contributed by atoms with E-state index >= 15 is 0 Å². The number of likely N-dealkylation sites (tertiary alicyclic amines) is 1. The molecule has 0 amide bonds. The molecule has 0 aliphatic carbocycles. The largest absolute Gasteiger partial charge is 0.337 e. The van der Waals surface area contributed by atoms with Crippen LogP contribution in [0.4, 0.5) is 0 Å². The van der Waals surface area contributed by atoms with E-state index in [1.807, 2.05) is 0 Å². The standard InChI is InChI=1S/C7H14ClN/c1-9-4-2-3-7(5-8)6-9/h7H,2-6H2,1H3/p+1/t7-/m0/s1. The van der Waals surface area contributed by atoms with Crippen molar-refractivity contribution in [3.05, 3.63) is 0 Å². The molecule has 0 bridgehead atoms. The van der Waals surface area contributed by atoms with E-state index in [0.717, 1.165) is 11.8 Å². The Balaban J connectivity index is 2.23. The van der Waals surface area contributed by atoms with Crippen LogP contribution < -0.4 is 4.90 Å². The quantitative estimate of drug-likeness (QED) is 0.505. The Labute approximate surface area is 62.0 Å². The summed E-state index contributed by atoms with van der Waals surface area (Å²) in [5.41, 5.74) is 0. The first-order valence-corrected chi connectivity index (χ1v) is 4.23. The Morgan fingerprint density at radius 1 is 1.67 bits per heavy atom. The lowest BCUT2D eigenvalue weighted by atomic mass is 10.0. The average Bonchev–Trinajstić information content (AvgIpc) is 1.88. The van der Waals surface area contributed by atoms with Crippen molar-refractivity contribution in [1.82, 2.24) is 0 Å². The Bertz CT molecular complexity index is 85.0. The Morgan fingerprint density at radius 3 is 2.89 bits per heavy atom. The summed E-state index contributed by atoms with van der Waals surface area (Å²) in [6.07, 6.45) is 2.71. The predicted octanol–water partition coefficient (Wildman–Crippen LogP) is 0.150. The minimum Gasteiger partial charge on any atom is -0.337 e. The molecule has 2 atom stereocenters. The molecule has 1 aliphatic rings. The molecule has 0 aromatic carbocycles. The summed E-state index contributed by atoms with van der Waals surface area (Å²) < 4.78 is 0. The van der Waals surface area contributed by atoms with Gasteiger partial charge in [0.25, 0.3) is 0 Å². The maximum absolute atomic E-state index is 5.73. The second-order valence-electron chi connectivity index (χ2n) is 3.07. The molecule has 1 nitrogen and oxygen atoms in total. The van der Waals surface area contributed by atoms with Crippen LogP contribution >= 0.6 is 11.6 Å². The van der Waals surface area contributed by atoms with Crippen LogP contribution in [0.2, 0.25) is 0 Å². The molecular weight excluding hydrogens is 134 g/mol. The minimum atomic E-state index is 0.792. The first-order chi connectivity index (χ1) is 4.33. The summed E-state index contributed by atoms with van der Waals surface area (Å²) in [7, 11) is 2.25. The zero-order valence-corrected chi connectivity index (χ0v) is 6.75. The van der Waals surface area contributed by atoms with Crippen molar-refractivity contribution in [2.75, 3.05) is 26.0 Å². The third kappa shape index (κ3) is 2.15. The van der Waals surface area contributed by atoms with Crippen LogP contribution in [-0.4, -0.2) is 26.0 Å². The van der Waals surface area contributed by atoms with Gasteiger partial charge in [0.1, 0.15) is 0 Å². The molecule has 1 fully saturated rings. The van der Waals surface area contributed by atoms with Crippen LogP contribution in [0.15, 0.2) is 0 Å². The molecule has 1 unspecified atom stereocenters. The van der Waals surface area contributed by atoms with Crippen molar-refractivity contribution in [1.29, 1.82) is 0 Å². The number of quaternary nitrogens is 1. The molecule has 2 heteroatoms. The Kier molecular flexibility index (Phi) is 2.80. The number of piperidine rings is 1. The number of hydrogen-bond donors (Lipinski definition) is 1. The molecule has 1 aliphatic heterocycles. The molecule has 9 heavy (non-hydrogen) atoms. The number of alkyl halides is 1. The van der Waals surface area contributed by atoms with Crippen LogP contribution in [0.3, 0.4) is 0 Å².